The number of benzene rings is 1. The highest BCUT2D eigenvalue weighted by Crippen LogP contribution is 2.21. The second-order valence-corrected chi connectivity index (χ2v) is 7.88. The van der Waals surface area contributed by atoms with Crippen LogP contribution in [0, 0.1) is 5.92 Å². The van der Waals surface area contributed by atoms with Crippen LogP contribution >= 0.6 is 11.8 Å². The number of anilines is 1. The Labute approximate surface area is 182 Å². The zero-order chi connectivity index (χ0) is 22.5. The summed E-state index contributed by atoms with van der Waals surface area (Å²) in [5.41, 5.74) is 1.62. The van der Waals surface area contributed by atoms with Gasteiger partial charge in [-0.1, -0.05) is 11.8 Å². The molecule has 10 nitrogen and oxygen atoms in total. The summed E-state index contributed by atoms with van der Waals surface area (Å²) in [5.74, 6) is -0.715. The van der Waals surface area contributed by atoms with Crippen molar-refractivity contribution < 1.29 is 23.6 Å². The van der Waals surface area contributed by atoms with Gasteiger partial charge in [0.1, 0.15) is 0 Å². The zero-order valence-corrected chi connectivity index (χ0v) is 18.1. The van der Waals surface area contributed by atoms with Gasteiger partial charge in [-0.15, -0.1) is 10.2 Å². The minimum absolute atomic E-state index is 0.0450. The maximum absolute atomic E-state index is 12.2. The summed E-state index contributed by atoms with van der Waals surface area (Å²) in [6.45, 7) is 3.12. The molecule has 0 spiro atoms. The van der Waals surface area contributed by atoms with E-state index in [1.807, 2.05) is 0 Å². The number of aliphatic imine (C=N–C) groups is 1. The Morgan fingerprint density at radius 3 is 2.58 bits per heavy atom. The molecule has 1 unspecified atom stereocenters. The molecule has 0 radical (unpaired) electrons. The summed E-state index contributed by atoms with van der Waals surface area (Å²) in [4.78, 5) is 52.0. The molecule has 3 rings (SSSR count). The second kappa shape index (κ2) is 9.65. The van der Waals surface area contributed by atoms with Crippen molar-refractivity contribution in [2.75, 3.05) is 18.1 Å². The van der Waals surface area contributed by atoms with Crippen LogP contribution in [-0.2, 0) is 16.0 Å². The van der Waals surface area contributed by atoms with Gasteiger partial charge in [0.15, 0.2) is 5.78 Å². The number of rotatable bonds is 8. The molecule has 1 aliphatic rings. The Balaban J connectivity index is 1.48. The summed E-state index contributed by atoms with van der Waals surface area (Å²) in [6, 6.07) is 6.04. The number of nitrogens with one attached hydrogen (secondary N) is 1. The molecule has 0 saturated carbocycles. The molecule has 162 valence electrons. The van der Waals surface area contributed by atoms with E-state index in [1.165, 1.54) is 14.0 Å². The summed E-state index contributed by atoms with van der Waals surface area (Å²) in [6.07, 6.45) is 0.725. The lowest BCUT2D eigenvalue weighted by Crippen LogP contribution is -2.43. The van der Waals surface area contributed by atoms with Gasteiger partial charge in [-0.2, -0.15) is 0 Å². The van der Waals surface area contributed by atoms with Gasteiger partial charge in [-0.25, -0.2) is 9.79 Å². The average molecular weight is 443 g/mol. The van der Waals surface area contributed by atoms with Gasteiger partial charge in [-0.3, -0.25) is 19.3 Å². The molecule has 2 heterocycles. The van der Waals surface area contributed by atoms with Gasteiger partial charge >= 0.3 is 6.03 Å². The van der Waals surface area contributed by atoms with E-state index in [0.29, 0.717) is 35.7 Å². The number of thioether (sulfide) groups is 1. The third kappa shape index (κ3) is 5.63. The fourth-order valence-electron chi connectivity index (χ4n) is 2.92. The maximum Gasteiger partial charge on any atom is 0.349 e. The van der Waals surface area contributed by atoms with E-state index in [1.54, 1.807) is 31.2 Å². The molecule has 1 aromatic carbocycles. The fourth-order valence-corrected chi connectivity index (χ4v) is 3.50. The standard InChI is InChI=1S/C20H21N5O5S/c1-11-15(18(28)25(3)19(29)21-11)8-9-17-23-24-20(30-17)31-10-16(27)22-14-6-4-13(5-7-14)12(2)26/h4-7,15H,8-10H2,1-3H3,(H,22,27). The Morgan fingerprint density at radius 2 is 1.90 bits per heavy atom. The first kappa shape index (κ1) is 22.3. The number of amides is 4. The first-order chi connectivity index (χ1) is 14.7. The third-order valence-electron chi connectivity index (χ3n) is 4.69. The number of aromatic nitrogens is 2. The number of hydrogen-bond acceptors (Lipinski definition) is 8. The number of aryl methyl sites for hydroxylation is 1. The minimum Gasteiger partial charge on any atom is -0.416 e. The Morgan fingerprint density at radius 1 is 1.19 bits per heavy atom. The largest absolute Gasteiger partial charge is 0.416 e. The summed E-state index contributed by atoms with van der Waals surface area (Å²) in [7, 11) is 1.40. The number of nitrogens with zero attached hydrogens (tertiary/aromatic N) is 4. The van der Waals surface area contributed by atoms with Crippen LogP contribution in [0.4, 0.5) is 10.5 Å². The van der Waals surface area contributed by atoms with Crippen molar-refractivity contribution >= 4 is 46.8 Å². The van der Waals surface area contributed by atoms with E-state index in [4.69, 9.17) is 4.42 Å². The first-order valence-electron chi connectivity index (χ1n) is 9.47. The molecule has 1 aliphatic heterocycles. The van der Waals surface area contributed by atoms with Gasteiger partial charge in [0.25, 0.3) is 5.22 Å². The fraction of sp³-hybridized carbons (Fsp3) is 0.350. The first-order valence-corrected chi connectivity index (χ1v) is 10.5. The molecule has 1 atom stereocenters. The van der Waals surface area contributed by atoms with Gasteiger partial charge in [0.2, 0.25) is 17.7 Å². The molecule has 0 aliphatic carbocycles. The highest BCUT2D eigenvalue weighted by molar-refractivity contribution is 7.99. The number of imide groups is 1. The van der Waals surface area contributed by atoms with E-state index in [-0.39, 0.29) is 28.6 Å². The predicted octanol–water partition coefficient (Wildman–Crippen LogP) is 2.60. The lowest BCUT2D eigenvalue weighted by Gasteiger charge is -2.25. The maximum atomic E-state index is 12.2. The zero-order valence-electron chi connectivity index (χ0n) is 17.2. The van der Waals surface area contributed by atoms with Gasteiger partial charge in [0, 0.05) is 30.4 Å². The number of urea groups is 1. The van der Waals surface area contributed by atoms with Crippen molar-refractivity contribution in [1.82, 2.24) is 15.1 Å². The van der Waals surface area contributed by atoms with E-state index < -0.39 is 11.9 Å². The molecule has 31 heavy (non-hydrogen) atoms. The van der Waals surface area contributed by atoms with Crippen LogP contribution in [0.1, 0.15) is 36.5 Å². The van der Waals surface area contributed by atoms with Crippen molar-refractivity contribution in [3.05, 3.63) is 35.7 Å². The van der Waals surface area contributed by atoms with Crippen LogP contribution < -0.4 is 5.32 Å². The molecular weight excluding hydrogens is 422 g/mol. The van der Waals surface area contributed by atoms with Crippen molar-refractivity contribution in [1.29, 1.82) is 0 Å². The summed E-state index contributed by atoms with van der Waals surface area (Å²) >= 11 is 1.09. The molecule has 0 saturated heterocycles. The Kier molecular flexibility index (Phi) is 6.95. The van der Waals surface area contributed by atoms with Crippen LogP contribution in [0.2, 0.25) is 0 Å². The van der Waals surface area contributed by atoms with Crippen molar-refractivity contribution in [2.24, 2.45) is 10.9 Å². The third-order valence-corrected chi connectivity index (χ3v) is 5.51. The van der Waals surface area contributed by atoms with E-state index in [0.717, 1.165) is 16.7 Å². The normalized spacial score (nSPS) is 16.3. The van der Waals surface area contributed by atoms with Gasteiger partial charge < -0.3 is 9.73 Å². The van der Waals surface area contributed by atoms with Crippen LogP contribution in [0.25, 0.3) is 0 Å². The van der Waals surface area contributed by atoms with Crippen LogP contribution in [0.5, 0.6) is 0 Å². The topological polar surface area (TPSA) is 135 Å². The average Bonchev–Trinajstić information content (AvgIpc) is 3.19. The van der Waals surface area contributed by atoms with E-state index in [2.05, 4.69) is 20.5 Å². The Bertz CT molecular complexity index is 1050. The number of carbonyl (C=O) groups is 4. The second-order valence-electron chi connectivity index (χ2n) is 6.96. The minimum atomic E-state index is -0.566. The van der Waals surface area contributed by atoms with Crippen molar-refractivity contribution in [3.63, 3.8) is 0 Å². The molecule has 0 bridgehead atoms. The predicted molar refractivity (Wildman–Crippen MR) is 113 cm³/mol. The van der Waals surface area contributed by atoms with Gasteiger partial charge in [0.05, 0.1) is 11.7 Å². The van der Waals surface area contributed by atoms with Crippen molar-refractivity contribution in [3.8, 4) is 0 Å². The smallest absolute Gasteiger partial charge is 0.349 e. The molecular formula is C20H21N5O5S. The molecule has 1 N–H and O–H groups in total. The van der Waals surface area contributed by atoms with E-state index in [9.17, 15) is 19.2 Å². The summed E-state index contributed by atoms with van der Waals surface area (Å²) in [5, 5.41) is 10.8. The lowest BCUT2D eigenvalue weighted by atomic mass is 9.95. The SMILES string of the molecule is CC(=O)c1ccc(NC(=O)CSc2nnc(CCC3C(=O)N(C)C(=O)N=C3C)o2)cc1. The lowest BCUT2D eigenvalue weighted by molar-refractivity contribution is -0.129. The quantitative estimate of drug-likeness (QED) is 0.486. The Hall–Kier alpha value is -3.34. The van der Waals surface area contributed by atoms with E-state index >= 15 is 0 Å². The number of Topliss-reactive ketones (excluding diaryl/α,β-unsaturated/α-hetero) is 1. The number of hydrogen-bond donors (Lipinski definition) is 1. The number of ketones is 1. The molecule has 2 aromatic rings. The molecule has 11 heteroatoms. The highest BCUT2D eigenvalue weighted by Gasteiger charge is 2.33. The summed E-state index contributed by atoms with van der Waals surface area (Å²) < 4.78 is 5.53. The van der Waals surface area contributed by atoms with Gasteiger partial charge in [-0.05, 0) is 44.5 Å². The highest BCUT2D eigenvalue weighted by atomic mass is 32.2. The van der Waals surface area contributed by atoms with Crippen LogP contribution in [-0.4, -0.2) is 57.2 Å². The van der Waals surface area contributed by atoms with Crippen LogP contribution in [0.15, 0.2) is 38.9 Å². The van der Waals surface area contributed by atoms with Crippen LogP contribution in [0.3, 0.4) is 0 Å². The van der Waals surface area contributed by atoms with Crippen molar-refractivity contribution in [2.45, 2.75) is 31.9 Å². The number of carbonyl (C=O) groups excluding carboxylic acids is 4. The molecule has 4 amide bonds. The molecule has 1 aromatic heterocycles. The molecule has 0 fully saturated rings. The monoisotopic (exact) mass is 443 g/mol.